The van der Waals surface area contributed by atoms with Crippen molar-refractivity contribution in [3.63, 3.8) is 0 Å². The first-order chi connectivity index (χ1) is 13.6. The Bertz CT molecular complexity index is 787. The van der Waals surface area contributed by atoms with E-state index < -0.39 is 0 Å². The van der Waals surface area contributed by atoms with E-state index in [1.54, 1.807) is 13.2 Å². The maximum Gasteiger partial charge on any atom is 0.292 e. The van der Waals surface area contributed by atoms with Crippen LogP contribution in [0.2, 0.25) is 0 Å². The van der Waals surface area contributed by atoms with E-state index in [1.165, 1.54) is 0 Å². The monoisotopic (exact) mass is 384 g/mol. The Hall–Kier alpha value is -2.64. The summed E-state index contributed by atoms with van der Waals surface area (Å²) in [5, 5.41) is 14.7. The number of benzene rings is 2. The summed E-state index contributed by atoms with van der Waals surface area (Å²) in [5.41, 5.74) is 2.79. The lowest BCUT2D eigenvalue weighted by Crippen LogP contribution is -2.45. The molecular formula is C21H28N4O3. The summed E-state index contributed by atoms with van der Waals surface area (Å²) in [6, 6.07) is 13.1. The molecule has 0 radical (unpaired) electrons. The normalized spacial score (nSPS) is 15.4. The molecule has 1 aliphatic rings. The number of nitro benzene ring substituents is 1. The molecule has 7 heteroatoms. The van der Waals surface area contributed by atoms with Crippen molar-refractivity contribution in [2.75, 3.05) is 45.2 Å². The van der Waals surface area contributed by atoms with Crippen LogP contribution in [0.25, 0.3) is 0 Å². The molecular weight excluding hydrogens is 356 g/mol. The predicted molar refractivity (Wildman–Crippen MR) is 111 cm³/mol. The van der Waals surface area contributed by atoms with Gasteiger partial charge in [0.1, 0.15) is 11.4 Å². The van der Waals surface area contributed by atoms with Crippen LogP contribution >= 0.6 is 0 Å². The number of nitrogens with one attached hydrogen (secondary N) is 1. The first kappa shape index (κ1) is 20.1. The summed E-state index contributed by atoms with van der Waals surface area (Å²) in [5.74, 6) is 0.792. The third kappa shape index (κ3) is 5.21. The fraction of sp³-hybridized carbons (Fsp3) is 0.429. The van der Waals surface area contributed by atoms with Crippen molar-refractivity contribution >= 4 is 11.4 Å². The molecule has 1 heterocycles. The fourth-order valence-electron chi connectivity index (χ4n) is 3.44. The van der Waals surface area contributed by atoms with Crippen LogP contribution in [0.1, 0.15) is 18.1 Å². The van der Waals surface area contributed by atoms with Gasteiger partial charge in [-0.15, -0.1) is 0 Å². The van der Waals surface area contributed by atoms with Crippen LogP contribution in [0, 0.1) is 10.1 Å². The fourth-order valence-corrected chi connectivity index (χ4v) is 3.44. The average molecular weight is 384 g/mol. The zero-order valence-corrected chi connectivity index (χ0v) is 16.6. The van der Waals surface area contributed by atoms with Crippen LogP contribution in [0.4, 0.5) is 11.4 Å². The number of hydrogen-bond donors (Lipinski definition) is 1. The molecule has 0 bridgehead atoms. The summed E-state index contributed by atoms with van der Waals surface area (Å²) in [6.07, 6.45) is 0. The van der Waals surface area contributed by atoms with Gasteiger partial charge in [-0.1, -0.05) is 25.1 Å². The molecule has 1 N–H and O–H groups in total. The van der Waals surface area contributed by atoms with Gasteiger partial charge in [0, 0.05) is 45.3 Å². The minimum Gasteiger partial charge on any atom is -0.497 e. The van der Waals surface area contributed by atoms with Gasteiger partial charge in [0.05, 0.1) is 12.0 Å². The van der Waals surface area contributed by atoms with Gasteiger partial charge in [0.2, 0.25) is 0 Å². The molecule has 1 aliphatic heterocycles. The van der Waals surface area contributed by atoms with Crippen LogP contribution in [0.3, 0.4) is 0 Å². The van der Waals surface area contributed by atoms with Crippen molar-refractivity contribution in [2.24, 2.45) is 0 Å². The van der Waals surface area contributed by atoms with Gasteiger partial charge in [-0.25, -0.2) is 0 Å². The summed E-state index contributed by atoms with van der Waals surface area (Å²) < 4.78 is 5.17. The quantitative estimate of drug-likeness (QED) is 0.556. The zero-order chi connectivity index (χ0) is 19.9. The van der Waals surface area contributed by atoms with Crippen molar-refractivity contribution in [1.29, 1.82) is 0 Å². The smallest absolute Gasteiger partial charge is 0.292 e. The molecule has 3 rings (SSSR count). The second-order valence-electron chi connectivity index (χ2n) is 7.02. The summed E-state index contributed by atoms with van der Waals surface area (Å²) in [6.45, 7) is 8.81. The van der Waals surface area contributed by atoms with Crippen LogP contribution < -0.4 is 10.1 Å². The molecule has 0 aromatic heterocycles. The molecule has 1 fully saturated rings. The Kier molecular flexibility index (Phi) is 6.84. The Morgan fingerprint density at radius 2 is 1.68 bits per heavy atom. The molecule has 0 saturated carbocycles. The van der Waals surface area contributed by atoms with E-state index in [2.05, 4.69) is 22.0 Å². The van der Waals surface area contributed by atoms with Crippen LogP contribution in [-0.4, -0.2) is 54.6 Å². The van der Waals surface area contributed by atoms with E-state index >= 15 is 0 Å². The van der Waals surface area contributed by atoms with Gasteiger partial charge in [-0.3, -0.25) is 15.0 Å². The second kappa shape index (κ2) is 9.52. The Morgan fingerprint density at radius 1 is 1.04 bits per heavy atom. The highest BCUT2D eigenvalue weighted by atomic mass is 16.6. The molecule has 2 aromatic rings. The largest absolute Gasteiger partial charge is 0.497 e. The SMILES string of the molecule is CCN1CCN(Cc2ccc([N+](=O)[O-])c(NCc3ccc(OC)cc3)c2)CC1. The van der Waals surface area contributed by atoms with E-state index in [0.29, 0.717) is 12.2 Å². The molecule has 0 amide bonds. The van der Waals surface area contributed by atoms with Gasteiger partial charge < -0.3 is 15.0 Å². The van der Waals surface area contributed by atoms with Gasteiger partial charge in [0.15, 0.2) is 0 Å². The van der Waals surface area contributed by atoms with Gasteiger partial charge in [-0.05, 0) is 35.9 Å². The lowest BCUT2D eigenvalue weighted by molar-refractivity contribution is -0.384. The molecule has 2 aromatic carbocycles. The van der Waals surface area contributed by atoms with Crippen LogP contribution in [0.5, 0.6) is 5.75 Å². The molecule has 7 nitrogen and oxygen atoms in total. The lowest BCUT2D eigenvalue weighted by Gasteiger charge is -2.34. The summed E-state index contributed by atoms with van der Waals surface area (Å²) in [7, 11) is 1.63. The van der Waals surface area contributed by atoms with Gasteiger partial charge in [-0.2, -0.15) is 0 Å². The lowest BCUT2D eigenvalue weighted by atomic mass is 10.1. The third-order valence-electron chi connectivity index (χ3n) is 5.22. The first-order valence-corrected chi connectivity index (χ1v) is 9.68. The topological polar surface area (TPSA) is 70.9 Å². The Balaban J connectivity index is 1.67. The van der Waals surface area contributed by atoms with E-state index in [4.69, 9.17) is 4.74 Å². The van der Waals surface area contributed by atoms with Crippen molar-refractivity contribution in [1.82, 2.24) is 9.80 Å². The van der Waals surface area contributed by atoms with Crippen molar-refractivity contribution in [2.45, 2.75) is 20.0 Å². The number of methoxy groups -OCH3 is 1. The number of likely N-dealkylation sites (N-methyl/N-ethyl adjacent to an activating group) is 1. The summed E-state index contributed by atoms with van der Waals surface area (Å²) >= 11 is 0. The standard InChI is InChI=1S/C21H28N4O3/c1-3-23-10-12-24(13-11-23)16-18-6-9-21(25(26)27)20(14-18)22-15-17-4-7-19(28-2)8-5-17/h4-9,14,22H,3,10-13,15-16H2,1-2H3. The molecule has 150 valence electrons. The summed E-state index contributed by atoms with van der Waals surface area (Å²) in [4.78, 5) is 15.9. The number of ether oxygens (including phenoxy) is 1. The van der Waals surface area contributed by atoms with Crippen molar-refractivity contribution in [3.8, 4) is 5.75 Å². The number of anilines is 1. The molecule has 0 unspecified atom stereocenters. The minimum absolute atomic E-state index is 0.105. The number of rotatable bonds is 8. The van der Waals surface area contributed by atoms with E-state index in [9.17, 15) is 10.1 Å². The molecule has 0 aliphatic carbocycles. The van der Waals surface area contributed by atoms with Crippen molar-refractivity contribution in [3.05, 3.63) is 63.7 Å². The Labute approximate surface area is 166 Å². The molecule has 0 spiro atoms. The maximum absolute atomic E-state index is 11.4. The number of piperazine rings is 1. The molecule has 1 saturated heterocycles. The van der Waals surface area contributed by atoms with Crippen LogP contribution in [-0.2, 0) is 13.1 Å². The van der Waals surface area contributed by atoms with E-state index in [0.717, 1.165) is 56.1 Å². The predicted octanol–water partition coefficient (Wildman–Crippen LogP) is 3.35. The molecule has 0 atom stereocenters. The number of nitro groups is 1. The van der Waals surface area contributed by atoms with Gasteiger partial charge >= 0.3 is 0 Å². The van der Waals surface area contributed by atoms with Crippen molar-refractivity contribution < 1.29 is 9.66 Å². The zero-order valence-electron chi connectivity index (χ0n) is 16.6. The number of nitrogens with zero attached hydrogens (tertiary/aromatic N) is 3. The average Bonchev–Trinajstić information content (AvgIpc) is 2.73. The van der Waals surface area contributed by atoms with E-state index in [-0.39, 0.29) is 10.6 Å². The maximum atomic E-state index is 11.4. The Morgan fingerprint density at radius 3 is 2.29 bits per heavy atom. The highest BCUT2D eigenvalue weighted by Gasteiger charge is 2.18. The third-order valence-corrected chi connectivity index (χ3v) is 5.22. The second-order valence-corrected chi connectivity index (χ2v) is 7.02. The first-order valence-electron chi connectivity index (χ1n) is 9.68. The van der Waals surface area contributed by atoms with E-state index in [1.807, 2.05) is 36.4 Å². The molecule has 28 heavy (non-hydrogen) atoms. The van der Waals surface area contributed by atoms with Crippen LogP contribution in [0.15, 0.2) is 42.5 Å². The highest BCUT2D eigenvalue weighted by Crippen LogP contribution is 2.27. The number of hydrogen-bond acceptors (Lipinski definition) is 6. The van der Waals surface area contributed by atoms with Gasteiger partial charge in [0.25, 0.3) is 5.69 Å². The minimum atomic E-state index is -0.333. The highest BCUT2D eigenvalue weighted by molar-refractivity contribution is 5.63.